The Morgan fingerprint density at radius 2 is 1.90 bits per heavy atom. The van der Waals surface area contributed by atoms with Gasteiger partial charge < -0.3 is 0 Å². The molecule has 0 saturated carbocycles. The van der Waals surface area contributed by atoms with Gasteiger partial charge in [-0.2, -0.15) is 0 Å². The second-order valence-electron chi connectivity index (χ2n) is 3.22. The van der Waals surface area contributed by atoms with Crippen molar-refractivity contribution in [3.63, 3.8) is 0 Å². The summed E-state index contributed by atoms with van der Waals surface area (Å²) in [4.78, 5) is 0. The SMILES string of the molecule is [CH2]CC(CC)C(C)CCC. The Hall–Kier alpha value is 0. The zero-order valence-corrected chi connectivity index (χ0v) is 7.69. The quantitative estimate of drug-likeness (QED) is 0.548. The fraction of sp³-hybridized carbons (Fsp3) is 0.900. The second-order valence-corrected chi connectivity index (χ2v) is 3.22. The molecule has 1 radical (unpaired) electrons. The predicted octanol–water partition coefficient (Wildman–Crippen LogP) is 3.67. The molecular weight excluding hydrogens is 120 g/mol. The minimum atomic E-state index is 0.861. The standard InChI is InChI=1S/C10H21/c1-5-8-9(4)10(6-2)7-3/h9-10H,2,5-8H2,1,3-4H3. The number of rotatable bonds is 5. The summed E-state index contributed by atoms with van der Waals surface area (Å²) in [7, 11) is 0. The van der Waals surface area contributed by atoms with E-state index < -0.39 is 0 Å². The third-order valence-electron chi connectivity index (χ3n) is 2.44. The van der Waals surface area contributed by atoms with Crippen LogP contribution in [0.3, 0.4) is 0 Å². The van der Waals surface area contributed by atoms with Crippen LogP contribution in [0.5, 0.6) is 0 Å². The summed E-state index contributed by atoms with van der Waals surface area (Å²) in [6.45, 7) is 10.8. The average Bonchev–Trinajstić information content (AvgIpc) is 1.91. The van der Waals surface area contributed by atoms with Crippen LogP contribution in [0.1, 0.15) is 46.5 Å². The first-order chi connectivity index (χ1) is 4.76. The van der Waals surface area contributed by atoms with Crippen molar-refractivity contribution >= 4 is 0 Å². The summed E-state index contributed by atoms with van der Waals surface area (Å²) >= 11 is 0. The highest BCUT2D eigenvalue weighted by Crippen LogP contribution is 2.22. The molecule has 2 unspecified atom stereocenters. The van der Waals surface area contributed by atoms with Gasteiger partial charge >= 0.3 is 0 Å². The third kappa shape index (κ3) is 3.24. The summed E-state index contributed by atoms with van der Waals surface area (Å²) < 4.78 is 0. The topological polar surface area (TPSA) is 0 Å². The fourth-order valence-electron chi connectivity index (χ4n) is 1.58. The zero-order chi connectivity index (χ0) is 7.98. The summed E-state index contributed by atoms with van der Waals surface area (Å²) in [6, 6.07) is 0. The maximum atomic E-state index is 3.96. The molecule has 0 N–H and O–H groups in total. The van der Waals surface area contributed by atoms with E-state index in [4.69, 9.17) is 0 Å². The van der Waals surface area contributed by atoms with Crippen molar-refractivity contribution in [2.45, 2.75) is 46.5 Å². The molecule has 10 heavy (non-hydrogen) atoms. The normalized spacial score (nSPS) is 14.1. The van der Waals surface area contributed by atoms with Gasteiger partial charge in [-0.3, -0.25) is 0 Å². The van der Waals surface area contributed by atoms with Crippen LogP contribution < -0.4 is 0 Å². The monoisotopic (exact) mass is 141 g/mol. The van der Waals surface area contributed by atoms with Crippen LogP contribution >= 0.6 is 0 Å². The van der Waals surface area contributed by atoms with Crippen molar-refractivity contribution in [2.75, 3.05) is 0 Å². The lowest BCUT2D eigenvalue weighted by atomic mass is 9.86. The molecule has 0 bridgehead atoms. The molecule has 0 aliphatic carbocycles. The van der Waals surface area contributed by atoms with Crippen molar-refractivity contribution in [2.24, 2.45) is 11.8 Å². The average molecular weight is 141 g/mol. The lowest BCUT2D eigenvalue weighted by molar-refractivity contribution is 0.327. The summed E-state index contributed by atoms with van der Waals surface area (Å²) in [5.41, 5.74) is 0. The van der Waals surface area contributed by atoms with Crippen LogP contribution in [0.15, 0.2) is 0 Å². The molecule has 0 saturated heterocycles. The van der Waals surface area contributed by atoms with E-state index in [1.54, 1.807) is 0 Å². The molecule has 0 nitrogen and oxygen atoms in total. The Kier molecular flexibility index (Phi) is 5.76. The Labute approximate surface area is 66.0 Å². The Morgan fingerprint density at radius 3 is 2.20 bits per heavy atom. The van der Waals surface area contributed by atoms with Crippen LogP contribution in [0.2, 0.25) is 0 Å². The minimum Gasteiger partial charge on any atom is -0.0654 e. The number of hydrogen-bond donors (Lipinski definition) is 0. The van der Waals surface area contributed by atoms with Gasteiger partial charge in [0, 0.05) is 0 Å². The van der Waals surface area contributed by atoms with E-state index in [1.165, 1.54) is 19.3 Å². The van der Waals surface area contributed by atoms with Gasteiger partial charge in [0.25, 0.3) is 0 Å². The Bertz CT molecular complexity index is 62.4. The summed E-state index contributed by atoms with van der Waals surface area (Å²) in [6.07, 6.45) is 5.09. The van der Waals surface area contributed by atoms with Crippen molar-refractivity contribution < 1.29 is 0 Å². The molecule has 0 spiro atoms. The molecular formula is C10H21. The molecule has 0 aliphatic rings. The predicted molar refractivity (Wildman–Crippen MR) is 47.8 cm³/mol. The van der Waals surface area contributed by atoms with Crippen LogP contribution in [-0.2, 0) is 0 Å². The van der Waals surface area contributed by atoms with Gasteiger partial charge in [0.1, 0.15) is 0 Å². The van der Waals surface area contributed by atoms with E-state index in [9.17, 15) is 0 Å². The Morgan fingerprint density at radius 1 is 1.30 bits per heavy atom. The molecule has 0 heteroatoms. The zero-order valence-electron chi connectivity index (χ0n) is 7.69. The molecule has 61 valence electrons. The summed E-state index contributed by atoms with van der Waals surface area (Å²) in [5.74, 6) is 1.74. The van der Waals surface area contributed by atoms with Crippen LogP contribution in [0.25, 0.3) is 0 Å². The highest BCUT2D eigenvalue weighted by atomic mass is 14.2. The molecule has 0 rings (SSSR count). The lowest BCUT2D eigenvalue weighted by Gasteiger charge is -2.19. The largest absolute Gasteiger partial charge is 0.0654 e. The van der Waals surface area contributed by atoms with Crippen LogP contribution in [0, 0.1) is 18.8 Å². The smallest absolute Gasteiger partial charge is 0.0391 e. The molecule has 0 aromatic heterocycles. The Balaban J connectivity index is 3.53. The fourth-order valence-corrected chi connectivity index (χ4v) is 1.58. The molecule has 0 fully saturated rings. The van der Waals surface area contributed by atoms with Gasteiger partial charge in [0.2, 0.25) is 0 Å². The van der Waals surface area contributed by atoms with Crippen molar-refractivity contribution in [1.29, 1.82) is 0 Å². The second kappa shape index (κ2) is 5.76. The maximum absolute atomic E-state index is 3.96. The van der Waals surface area contributed by atoms with E-state index in [1.807, 2.05) is 0 Å². The van der Waals surface area contributed by atoms with E-state index in [2.05, 4.69) is 27.7 Å². The van der Waals surface area contributed by atoms with Gasteiger partial charge in [-0.05, 0) is 11.8 Å². The van der Waals surface area contributed by atoms with Gasteiger partial charge in [0.15, 0.2) is 0 Å². The van der Waals surface area contributed by atoms with Crippen molar-refractivity contribution in [1.82, 2.24) is 0 Å². The van der Waals surface area contributed by atoms with Crippen molar-refractivity contribution in [3.8, 4) is 0 Å². The summed E-state index contributed by atoms with van der Waals surface area (Å²) in [5, 5.41) is 0. The van der Waals surface area contributed by atoms with Gasteiger partial charge in [0.05, 0.1) is 0 Å². The van der Waals surface area contributed by atoms with Crippen LogP contribution in [0.4, 0.5) is 0 Å². The molecule has 0 amide bonds. The van der Waals surface area contributed by atoms with Gasteiger partial charge in [-0.1, -0.05) is 53.4 Å². The highest BCUT2D eigenvalue weighted by molar-refractivity contribution is 4.65. The minimum absolute atomic E-state index is 0.861. The van der Waals surface area contributed by atoms with Crippen LogP contribution in [-0.4, -0.2) is 0 Å². The first kappa shape index (κ1) is 10.0. The maximum Gasteiger partial charge on any atom is -0.0391 e. The number of hydrogen-bond acceptors (Lipinski definition) is 0. The molecule has 0 aliphatic heterocycles. The molecule has 0 heterocycles. The first-order valence-corrected chi connectivity index (χ1v) is 4.55. The van der Waals surface area contributed by atoms with E-state index >= 15 is 0 Å². The molecule has 2 atom stereocenters. The third-order valence-corrected chi connectivity index (χ3v) is 2.44. The first-order valence-electron chi connectivity index (χ1n) is 4.55. The van der Waals surface area contributed by atoms with Gasteiger partial charge in [-0.25, -0.2) is 0 Å². The highest BCUT2D eigenvalue weighted by Gasteiger charge is 2.11. The van der Waals surface area contributed by atoms with E-state index in [0.717, 1.165) is 18.3 Å². The van der Waals surface area contributed by atoms with E-state index in [0.29, 0.717) is 0 Å². The van der Waals surface area contributed by atoms with Gasteiger partial charge in [-0.15, -0.1) is 0 Å². The molecule has 0 aromatic rings. The lowest BCUT2D eigenvalue weighted by Crippen LogP contribution is -2.09. The molecule has 0 aromatic carbocycles. The van der Waals surface area contributed by atoms with E-state index in [-0.39, 0.29) is 0 Å². The van der Waals surface area contributed by atoms with Crippen molar-refractivity contribution in [3.05, 3.63) is 6.92 Å².